The van der Waals surface area contributed by atoms with E-state index in [-0.39, 0.29) is 24.0 Å². The predicted octanol–water partition coefficient (Wildman–Crippen LogP) is 5.63. The van der Waals surface area contributed by atoms with Crippen molar-refractivity contribution in [2.24, 2.45) is 0 Å². The van der Waals surface area contributed by atoms with E-state index in [0.717, 1.165) is 11.1 Å². The van der Waals surface area contributed by atoms with Gasteiger partial charge in [0.05, 0.1) is 23.4 Å². The van der Waals surface area contributed by atoms with Crippen LogP contribution >= 0.6 is 11.6 Å². The molecular formula is C25H21ClN4O4. The van der Waals surface area contributed by atoms with Gasteiger partial charge in [-0.1, -0.05) is 41.9 Å². The van der Waals surface area contributed by atoms with E-state index in [4.69, 9.17) is 16.3 Å². The molecule has 0 unspecified atom stereocenters. The first-order chi connectivity index (χ1) is 16.4. The normalized spacial score (nSPS) is 10.6. The largest absolute Gasteiger partial charge is 0.482 e. The van der Waals surface area contributed by atoms with Gasteiger partial charge in [0.15, 0.2) is 5.75 Å². The molecule has 172 valence electrons. The lowest BCUT2D eigenvalue weighted by Crippen LogP contribution is -2.12. The molecule has 8 nitrogen and oxygen atoms in total. The Bertz CT molecular complexity index is 1350. The van der Waals surface area contributed by atoms with Crippen molar-refractivity contribution in [1.29, 1.82) is 0 Å². The summed E-state index contributed by atoms with van der Waals surface area (Å²) in [6, 6.07) is 19.2. The van der Waals surface area contributed by atoms with E-state index in [2.05, 4.69) is 10.4 Å². The number of hydrogen-bond donors (Lipinski definition) is 1. The van der Waals surface area contributed by atoms with Crippen LogP contribution in [0.4, 0.5) is 11.4 Å². The first kappa shape index (κ1) is 23.0. The van der Waals surface area contributed by atoms with E-state index >= 15 is 0 Å². The van der Waals surface area contributed by atoms with Crippen LogP contribution in [-0.4, -0.2) is 20.6 Å². The van der Waals surface area contributed by atoms with Crippen LogP contribution < -0.4 is 10.1 Å². The number of hydrogen-bond acceptors (Lipinski definition) is 5. The molecule has 4 aromatic rings. The van der Waals surface area contributed by atoms with Crippen LogP contribution in [0.3, 0.4) is 0 Å². The number of nitrogens with one attached hydrogen (secondary N) is 1. The zero-order chi connectivity index (χ0) is 24.1. The molecule has 4 rings (SSSR count). The summed E-state index contributed by atoms with van der Waals surface area (Å²) in [7, 11) is 0. The number of aromatic nitrogens is 2. The second-order valence-electron chi connectivity index (χ2n) is 7.73. The number of ether oxygens (including phenoxy) is 1. The van der Waals surface area contributed by atoms with Gasteiger partial charge in [-0.05, 0) is 53.9 Å². The summed E-state index contributed by atoms with van der Waals surface area (Å²) < 4.78 is 7.37. The lowest BCUT2D eigenvalue weighted by Gasteiger charge is -2.09. The van der Waals surface area contributed by atoms with Crippen LogP contribution in [0.15, 0.2) is 79.1 Å². The number of rotatable bonds is 8. The second kappa shape index (κ2) is 10.2. The van der Waals surface area contributed by atoms with Crippen molar-refractivity contribution < 1.29 is 14.5 Å². The maximum atomic E-state index is 12.7. The van der Waals surface area contributed by atoms with Crippen molar-refractivity contribution in [3.63, 3.8) is 0 Å². The molecule has 3 aromatic carbocycles. The summed E-state index contributed by atoms with van der Waals surface area (Å²) in [5.41, 5.74) is 3.37. The Balaban J connectivity index is 1.40. The van der Waals surface area contributed by atoms with Crippen molar-refractivity contribution in [3.05, 3.63) is 117 Å². The number of carbonyl (C=O) groups is 1. The minimum Gasteiger partial charge on any atom is -0.482 e. The topological polar surface area (TPSA) is 99.3 Å². The van der Waals surface area contributed by atoms with Gasteiger partial charge in [-0.3, -0.25) is 19.6 Å². The number of amides is 1. The van der Waals surface area contributed by atoms with E-state index in [0.29, 0.717) is 28.4 Å². The van der Waals surface area contributed by atoms with Gasteiger partial charge in [-0.2, -0.15) is 5.10 Å². The number of anilines is 1. The maximum absolute atomic E-state index is 12.7. The summed E-state index contributed by atoms with van der Waals surface area (Å²) in [4.78, 5) is 23.5. The van der Waals surface area contributed by atoms with Crippen LogP contribution in [0.5, 0.6) is 5.75 Å². The summed E-state index contributed by atoms with van der Waals surface area (Å²) in [6.07, 6.45) is 3.31. The number of nitro benzene ring substituents is 1. The molecule has 34 heavy (non-hydrogen) atoms. The molecule has 0 atom stereocenters. The zero-order valence-electron chi connectivity index (χ0n) is 18.3. The molecule has 0 bridgehead atoms. The van der Waals surface area contributed by atoms with Crippen molar-refractivity contribution in [1.82, 2.24) is 9.78 Å². The molecule has 9 heteroatoms. The molecule has 0 saturated carbocycles. The fraction of sp³-hybridized carbons (Fsp3) is 0.120. The first-order valence-corrected chi connectivity index (χ1v) is 10.8. The molecule has 0 fully saturated rings. The monoisotopic (exact) mass is 476 g/mol. The molecule has 0 aliphatic carbocycles. The van der Waals surface area contributed by atoms with Crippen LogP contribution in [0, 0.1) is 17.0 Å². The molecular weight excluding hydrogens is 456 g/mol. The van der Waals surface area contributed by atoms with E-state index in [1.165, 1.54) is 6.07 Å². The Morgan fingerprint density at radius 1 is 1.12 bits per heavy atom. The highest BCUT2D eigenvalue weighted by atomic mass is 35.5. The quantitative estimate of drug-likeness (QED) is 0.262. The number of nitrogens with zero attached hydrogens (tertiary/aromatic N) is 3. The van der Waals surface area contributed by atoms with E-state index < -0.39 is 4.92 Å². The lowest BCUT2D eigenvalue weighted by molar-refractivity contribution is -0.386. The minimum atomic E-state index is -0.473. The summed E-state index contributed by atoms with van der Waals surface area (Å²) in [5, 5.41) is 19.0. The highest BCUT2D eigenvalue weighted by Gasteiger charge is 2.15. The predicted molar refractivity (Wildman–Crippen MR) is 129 cm³/mol. The molecule has 0 radical (unpaired) electrons. The smallest absolute Gasteiger partial charge is 0.311 e. The second-order valence-corrected chi connectivity index (χ2v) is 8.16. The summed E-state index contributed by atoms with van der Waals surface area (Å²) in [5.74, 6) is -0.122. The summed E-state index contributed by atoms with van der Waals surface area (Å²) in [6.45, 7) is 2.39. The maximum Gasteiger partial charge on any atom is 0.311 e. The molecule has 0 spiro atoms. The highest BCUT2D eigenvalue weighted by molar-refractivity contribution is 6.30. The Kier molecular flexibility index (Phi) is 6.89. The van der Waals surface area contributed by atoms with E-state index in [1.54, 1.807) is 66.5 Å². The molecule has 1 amide bonds. The van der Waals surface area contributed by atoms with Gasteiger partial charge in [0.2, 0.25) is 0 Å². The third-order valence-electron chi connectivity index (χ3n) is 5.02. The molecule has 1 aromatic heterocycles. The SMILES string of the molecule is Cc1ccc(OCc2cccc(C(=O)Nc3cnn(Cc4cccc(Cl)c4)c3)c2)c([N+](=O)[O-])c1. The zero-order valence-corrected chi connectivity index (χ0v) is 19.0. The highest BCUT2D eigenvalue weighted by Crippen LogP contribution is 2.28. The van der Waals surface area contributed by atoms with Gasteiger partial charge in [0.25, 0.3) is 5.91 Å². The minimum absolute atomic E-state index is 0.0859. The average Bonchev–Trinajstić information content (AvgIpc) is 3.24. The van der Waals surface area contributed by atoms with Gasteiger partial charge < -0.3 is 10.1 Å². The third kappa shape index (κ3) is 5.79. The molecule has 0 aliphatic heterocycles. The lowest BCUT2D eigenvalue weighted by atomic mass is 10.1. The number of benzene rings is 3. The average molecular weight is 477 g/mol. The fourth-order valence-corrected chi connectivity index (χ4v) is 3.61. The van der Waals surface area contributed by atoms with Gasteiger partial charge in [0, 0.05) is 22.8 Å². The van der Waals surface area contributed by atoms with Gasteiger partial charge in [-0.25, -0.2) is 0 Å². The Morgan fingerprint density at radius 2 is 1.91 bits per heavy atom. The van der Waals surface area contributed by atoms with Gasteiger partial charge in [0.1, 0.15) is 6.61 Å². The van der Waals surface area contributed by atoms with Crippen molar-refractivity contribution in [3.8, 4) is 5.75 Å². The van der Waals surface area contributed by atoms with Crippen LogP contribution in [0.25, 0.3) is 0 Å². The van der Waals surface area contributed by atoms with E-state index in [1.807, 2.05) is 18.2 Å². The van der Waals surface area contributed by atoms with Crippen molar-refractivity contribution in [2.75, 3.05) is 5.32 Å². The number of halogens is 1. The molecule has 1 N–H and O–H groups in total. The van der Waals surface area contributed by atoms with Gasteiger partial charge >= 0.3 is 5.69 Å². The third-order valence-corrected chi connectivity index (χ3v) is 5.25. The number of nitro groups is 1. The number of carbonyl (C=O) groups excluding carboxylic acids is 1. The standard InChI is InChI=1S/C25H21ClN4O4/c1-17-8-9-24(23(10-17)30(32)33)34-16-19-5-2-6-20(11-19)25(31)28-22-13-27-29(15-22)14-18-4-3-7-21(26)12-18/h2-13,15H,14,16H2,1H3,(H,28,31). The van der Waals surface area contributed by atoms with Gasteiger partial charge in [-0.15, -0.1) is 0 Å². The molecule has 1 heterocycles. The van der Waals surface area contributed by atoms with Crippen LogP contribution in [-0.2, 0) is 13.2 Å². The molecule has 0 aliphatic rings. The fourth-order valence-electron chi connectivity index (χ4n) is 3.40. The van der Waals surface area contributed by atoms with Crippen molar-refractivity contribution >= 4 is 28.9 Å². The van der Waals surface area contributed by atoms with Crippen molar-refractivity contribution in [2.45, 2.75) is 20.1 Å². The molecule has 0 saturated heterocycles. The van der Waals surface area contributed by atoms with Crippen LogP contribution in [0.1, 0.15) is 27.0 Å². The van der Waals surface area contributed by atoms with E-state index in [9.17, 15) is 14.9 Å². The summed E-state index contributed by atoms with van der Waals surface area (Å²) >= 11 is 6.03. The number of aryl methyl sites for hydroxylation is 1. The Morgan fingerprint density at radius 3 is 2.71 bits per heavy atom. The van der Waals surface area contributed by atoms with Crippen LogP contribution in [0.2, 0.25) is 5.02 Å². The Hall–Kier alpha value is -4.17. The Labute approximate surface area is 200 Å². The first-order valence-electron chi connectivity index (χ1n) is 10.4.